The van der Waals surface area contributed by atoms with E-state index >= 15 is 0 Å². The van der Waals surface area contributed by atoms with Crippen molar-refractivity contribution in [2.75, 3.05) is 6.61 Å². The van der Waals surface area contributed by atoms with Gasteiger partial charge in [0.05, 0.1) is 6.54 Å². The molecule has 0 aliphatic rings. The van der Waals surface area contributed by atoms with Gasteiger partial charge in [0.1, 0.15) is 0 Å². The van der Waals surface area contributed by atoms with Gasteiger partial charge in [-0.25, -0.2) is 0 Å². The number of aliphatic hydroxyl groups excluding tert-OH is 1. The first-order valence-electron chi connectivity index (χ1n) is 5.27. The van der Waals surface area contributed by atoms with E-state index in [0.717, 1.165) is 6.42 Å². The molecule has 1 atom stereocenters. The Bertz CT molecular complexity index is 286. The summed E-state index contributed by atoms with van der Waals surface area (Å²) in [7, 11) is 0. The minimum absolute atomic E-state index is 0.193. The maximum Gasteiger partial charge on any atom is 0.240 e. The van der Waals surface area contributed by atoms with Crippen molar-refractivity contribution in [1.29, 1.82) is 0 Å². The molecule has 1 aromatic rings. The molecular formula is C10H19N3O2. The van der Waals surface area contributed by atoms with Crippen LogP contribution in [0.1, 0.15) is 32.0 Å². The molecule has 0 aliphatic heterocycles. The fourth-order valence-corrected chi connectivity index (χ4v) is 1.44. The lowest BCUT2D eigenvalue weighted by Crippen LogP contribution is -2.34. The van der Waals surface area contributed by atoms with Crippen LogP contribution in [0.4, 0.5) is 0 Å². The molecule has 15 heavy (non-hydrogen) atoms. The van der Waals surface area contributed by atoms with E-state index in [1.54, 1.807) is 6.92 Å². The first kappa shape index (κ1) is 12.1. The van der Waals surface area contributed by atoms with E-state index in [1.165, 1.54) is 0 Å². The Morgan fingerprint density at radius 2 is 2.20 bits per heavy atom. The predicted molar refractivity (Wildman–Crippen MR) is 56.2 cm³/mol. The Hall–Kier alpha value is -0.940. The summed E-state index contributed by atoms with van der Waals surface area (Å²) < 4.78 is 4.99. The third-order valence-corrected chi connectivity index (χ3v) is 2.33. The van der Waals surface area contributed by atoms with Gasteiger partial charge in [-0.15, -0.1) is 0 Å². The van der Waals surface area contributed by atoms with Crippen molar-refractivity contribution in [2.45, 2.75) is 39.8 Å². The van der Waals surface area contributed by atoms with Crippen molar-refractivity contribution < 1.29 is 9.63 Å². The molecule has 0 saturated heterocycles. The second-order valence-corrected chi connectivity index (χ2v) is 3.98. The van der Waals surface area contributed by atoms with E-state index in [4.69, 9.17) is 9.63 Å². The average Bonchev–Trinajstić information content (AvgIpc) is 2.58. The monoisotopic (exact) mass is 213 g/mol. The molecule has 5 nitrogen and oxygen atoms in total. The number of rotatable bonds is 6. The number of nitrogens with zero attached hydrogens (tertiary/aromatic N) is 2. The van der Waals surface area contributed by atoms with Gasteiger partial charge in [0.25, 0.3) is 0 Å². The van der Waals surface area contributed by atoms with Crippen LogP contribution >= 0.6 is 0 Å². The van der Waals surface area contributed by atoms with Crippen molar-refractivity contribution >= 4 is 0 Å². The van der Waals surface area contributed by atoms with Crippen molar-refractivity contribution in [3.63, 3.8) is 0 Å². The van der Waals surface area contributed by atoms with E-state index in [1.807, 2.05) is 0 Å². The zero-order valence-corrected chi connectivity index (χ0v) is 9.53. The molecule has 0 aromatic carbocycles. The minimum Gasteiger partial charge on any atom is -0.396 e. The smallest absolute Gasteiger partial charge is 0.240 e. The van der Waals surface area contributed by atoms with Gasteiger partial charge in [-0.1, -0.05) is 19.0 Å². The highest BCUT2D eigenvalue weighted by atomic mass is 16.5. The van der Waals surface area contributed by atoms with Crippen LogP contribution in [0.15, 0.2) is 4.52 Å². The van der Waals surface area contributed by atoms with Crippen molar-refractivity contribution in [1.82, 2.24) is 15.5 Å². The second kappa shape index (κ2) is 5.82. The van der Waals surface area contributed by atoms with E-state index in [0.29, 0.717) is 24.2 Å². The predicted octanol–water partition coefficient (Wildman–Crippen LogP) is 0.875. The largest absolute Gasteiger partial charge is 0.396 e. The Morgan fingerprint density at radius 1 is 1.47 bits per heavy atom. The van der Waals surface area contributed by atoms with Gasteiger partial charge in [-0.05, 0) is 19.3 Å². The van der Waals surface area contributed by atoms with Gasteiger partial charge >= 0.3 is 0 Å². The maximum absolute atomic E-state index is 8.90. The molecule has 1 heterocycles. The molecular weight excluding hydrogens is 194 g/mol. The van der Waals surface area contributed by atoms with Crippen LogP contribution in [-0.2, 0) is 6.54 Å². The lowest BCUT2D eigenvalue weighted by atomic mass is 10.0. The molecule has 0 fully saturated rings. The number of hydrogen-bond acceptors (Lipinski definition) is 5. The van der Waals surface area contributed by atoms with Crippen molar-refractivity contribution in [2.24, 2.45) is 5.92 Å². The lowest BCUT2D eigenvalue weighted by molar-refractivity contribution is 0.238. The Morgan fingerprint density at radius 3 is 2.67 bits per heavy atom. The summed E-state index contributed by atoms with van der Waals surface area (Å²) in [5, 5.41) is 15.9. The molecule has 1 aromatic heterocycles. The molecule has 0 aliphatic carbocycles. The van der Waals surface area contributed by atoms with E-state index in [-0.39, 0.29) is 12.6 Å². The van der Waals surface area contributed by atoms with Gasteiger partial charge in [-0.2, -0.15) is 4.98 Å². The third kappa shape index (κ3) is 3.97. The number of aromatic nitrogens is 2. The minimum atomic E-state index is 0.193. The first-order valence-corrected chi connectivity index (χ1v) is 5.27. The number of nitrogens with one attached hydrogen (secondary N) is 1. The normalized spacial score (nSPS) is 13.4. The van der Waals surface area contributed by atoms with Gasteiger partial charge in [0.2, 0.25) is 5.89 Å². The lowest BCUT2D eigenvalue weighted by Gasteiger charge is -2.20. The van der Waals surface area contributed by atoms with Crippen molar-refractivity contribution in [3.05, 3.63) is 11.7 Å². The SMILES string of the molecule is Cc1noc(CN[C@H](CCO)C(C)C)n1. The molecule has 0 spiro atoms. The first-order chi connectivity index (χ1) is 7.13. The number of hydrogen-bond donors (Lipinski definition) is 2. The van der Waals surface area contributed by atoms with Crippen molar-refractivity contribution in [3.8, 4) is 0 Å². The molecule has 0 radical (unpaired) electrons. The van der Waals surface area contributed by atoms with Crippen LogP contribution < -0.4 is 5.32 Å². The molecule has 0 amide bonds. The summed E-state index contributed by atoms with van der Waals surface area (Å²) in [6, 6.07) is 0.280. The Balaban J connectivity index is 2.39. The quantitative estimate of drug-likeness (QED) is 0.733. The van der Waals surface area contributed by atoms with Crippen LogP contribution in [-0.4, -0.2) is 27.9 Å². The summed E-state index contributed by atoms with van der Waals surface area (Å²) in [5.41, 5.74) is 0. The van der Waals surface area contributed by atoms with Crippen LogP contribution in [0.5, 0.6) is 0 Å². The molecule has 5 heteroatoms. The number of aryl methyl sites for hydroxylation is 1. The summed E-state index contributed by atoms with van der Waals surface area (Å²) in [6.07, 6.45) is 0.741. The fourth-order valence-electron chi connectivity index (χ4n) is 1.44. The molecule has 0 bridgehead atoms. The molecule has 2 N–H and O–H groups in total. The van der Waals surface area contributed by atoms with E-state index < -0.39 is 0 Å². The van der Waals surface area contributed by atoms with E-state index in [2.05, 4.69) is 29.3 Å². The van der Waals surface area contributed by atoms with Gasteiger partial charge in [0, 0.05) is 12.6 Å². The second-order valence-electron chi connectivity index (χ2n) is 3.98. The Labute approximate surface area is 89.9 Å². The van der Waals surface area contributed by atoms with Gasteiger partial charge in [0.15, 0.2) is 5.82 Å². The highest BCUT2D eigenvalue weighted by Crippen LogP contribution is 2.06. The standard InChI is InChI=1S/C10H19N3O2/c1-7(2)9(4-5-14)11-6-10-12-8(3)13-15-10/h7,9,11,14H,4-6H2,1-3H3/t9-/m1/s1. The average molecular weight is 213 g/mol. The summed E-state index contributed by atoms with van der Waals surface area (Å²) in [4.78, 5) is 4.10. The topological polar surface area (TPSA) is 71.2 Å². The molecule has 86 valence electrons. The fraction of sp³-hybridized carbons (Fsp3) is 0.800. The summed E-state index contributed by atoms with van der Waals surface area (Å²) >= 11 is 0. The third-order valence-electron chi connectivity index (χ3n) is 2.33. The summed E-state index contributed by atoms with van der Waals surface area (Å²) in [5.74, 6) is 1.72. The molecule has 0 saturated carbocycles. The van der Waals surface area contributed by atoms with Gasteiger partial charge in [-0.3, -0.25) is 0 Å². The summed E-state index contributed by atoms with van der Waals surface area (Å²) in [6.45, 7) is 6.78. The molecule has 0 unspecified atom stereocenters. The van der Waals surface area contributed by atoms with Crippen LogP contribution in [0.3, 0.4) is 0 Å². The zero-order valence-electron chi connectivity index (χ0n) is 9.53. The highest BCUT2D eigenvalue weighted by molar-refractivity contribution is 4.83. The molecule has 1 rings (SSSR count). The Kier molecular flexibility index (Phi) is 4.71. The van der Waals surface area contributed by atoms with Crippen LogP contribution in [0.2, 0.25) is 0 Å². The number of aliphatic hydroxyl groups is 1. The van der Waals surface area contributed by atoms with Gasteiger partial charge < -0.3 is 14.9 Å². The van der Waals surface area contributed by atoms with Crippen LogP contribution in [0.25, 0.3) is 0 Å². The zero-order chi connectivity index (χ0) is 11.3. The van der Waals surface area contributed by atoms with Crippen LogP contribution in [0, 0.1) is 12.8 Å². The highest BCUT2D eigenvalue weighted by Gasteiger charge is 2.13. The maximum atomic E-state index is 8.90. The van der Waals surface area contributed by atoms with E-state index in [9.17, 15) is 0 Å².